The Morgan fingerprint density at radius 1 is 0.458 bits per heavy atom. The summed E-state index contributed by atoms with van der Waals surface area (Å²) in [6.07, 6.45) is 49.9. The Kier molecular flexibility index (Phi) is 45.0. The van der Waals surface area contributed by atoms with Crippen molar-refractivity contribution in [3.05, 3.63) is 0 Å². The van der Waals surface area contributed by atoms with Crippen LogP contribution in [0.5, 0.6) is 0 Å². The number of rotatable bonds is 48. The van der Waals surface area contributed by atoms with Crippen LogP contribution in [0.1, 0.15) is 258 Å². The van der Waals surface area contributed by atoms with Crippen molar-refractivity contribution in [1.82, 2.24) is 0 Å². The number of carbonyl (C=O) groups is 2. The second-order valence-corrected chi connectivity index (χ2v) is 21.4. The Bertz CT molecular complexity index is 951. The van der Waals surface area contributed by atoms with Crippen molar-refractivity contribution in [3.8, 4) is 0 Å². The molecular weight excluding hydrogens is 780 g/mol. The molecule has 0 amide bonds. The molecule has 0 spiro atoms. The van der Waals surface area contributed by atoms with Crippen LogP contribution >= 0.6 is 7.82 Å². The Morgan fingerprint density at radius 3 is 1.08 bits per heavy atom. The molecule has 0 fully saturated rings. The van der Waals surface area contributed by atoms with Gasteiger partial charge in [-0.1, -0.05) is 232 Å². The highest BCUT2D eigenvalue weighted by molar-refractivity contribution is 7.95. The second-order valence-electron chi connectivity index (χ2n) is 17.6. The van der Waals surface area contributed by atoms with Crippen LogP contribution < -0.4 is 0 Å². The lowest BCUT2D eigenvalue weighted by Crippen LogP contribution is -2.29. The maximum Gasteiger partial charge on any atom is 0.472 e. The molecule has 0 saturated heterocycles. The third-order valence-corrected chi connectivity index (χ3v) is 13.3. The number of ether oxygens (including phenoxy) is 2. The Balaban J connectivity index is 4.14. The van der Waals surface area contributed by atoms with Crippen LogP contribution in [-0.4, -0.2) is 61.0 Å². The minimum atomic E-state index is -4.33. The molecule has 1 unspecified atom stereocenters. The van der Waals surface area contributed by atoms with Crippen LogP contribution in [0, 0.1) is 0 Å². The molecule has 0 bridgehead atoms. The van der Waals surface area contributed by atoms with Crippen molar-refractivity contribution < 1.29 is 37.6 Å². The molecule has 0 aromatic rings. The summed E-state index contributed by atoms with van der Waals surface area (Å²) < 4.78 is 33.7. The number of carbonyl (C=O) groups excluding carboxylic acids is 2. The summed E-state index contributed by atoms with van der Waals surface area (Å²) in [6, 6.07) is 0. The average molecular weight is 878 g/mol. The molecular formula is C49H98O8PS+. The molecule has 0 aliphatic rings. The lowest BCUT2D eigenvalue weighted by atomic mass is 10.0. The number of hydrogen-bond acceptors (Lipinski definition) is 7. The molecule has 0 saturated carbocycles. The smallest absolute Gasteiger partial charge is 0.462 e. The van der Waals surface area contributed by atoms with E-state index >= 15 is 0 Å². The fraction of sp³-hybridized carbons (Fsp3) is 0.959. The molecule has 0 aromatic carbocycles. The highest BCUT2D eigenvalue weighted by atomic mass is 32.2. The SMILES string of the molecule is CCCCCCCCCCCCCCCCCCCCCC(=O)O[C@H](COC(=O)CCCCCCCCCCCCCCCCCCC)COP(=O)(O)OCC[S+](C)C. The molecule has 0 aliphatic heterocycles. The zero-order chi connectivity index (χ0) is 43.3. The van der Waals surface area contributed by atoms with Crippen molar-refractivity contribution in [2.45, 2.75) is 264 Å². The van der Waals surface area contributed by atoms with E-state index in [4.69, 9.17) is 18.5 Å². The number of esters is 2. The van der Waals surface area contributed by atoms with Crippen molar-refractivity contribution in [2.24, 2.45) is 0 Å². The van der Waals surface area contributed by atoms with Gasteiger partial charge in [0.05, 0.1) is 19.1 Å². The molecule has 0 aromatic heterocycles. The van der Waals surface area contributed by atoms with Crippen LogP contribution in [0.4, 0.5) is 0 Å². The van der Waals surface area contributed by atoms with Crippen molar-refractivity contribution in [2.75, 3.05) is 38.1 Å². The molecule has 8 nitrogen and oxygen atoms in total. The first-order valence-corrected chi connectivity index (χ1v) is 28.9. The first-order valence-electron chi connectivity index (χ1n) is 25.2. The maximum absolute atomic E-state index is 12.7. The van der Waals surface area contributed by atoms with E-state index in [1.54, 1.807) is 0 Å². The summed E-state index contributed by atoms with van der Waals surface area (Å²) in [5.74, 6) is -0.125. The summed E-state index contributed by atoms with van der Waals surface area (Å²) >= 11 is 0. The van der Waals surface area contributed by atoms with E-state index < -0.39 is 19.9 Å². The highest BCUT2D eigenvalue weighted by Gasteiger charge is 2.26. The van der Waals surface area contributed by atoms with Gasteiger partial charge in [-0.25, -0.2) is 4.57 Å². The van der Waals surface area contributed by atoms with Gasteiger partial charge in [-0.15, -0.1) is 0 Å². The van der Waals surface area contributed by atoms with E-state index in [-0.39, 0.29) is 43.1 Å². The van der Waals surface area contributed by atoms with Crippen molar-refractivity contribution in [3.63, 3.8) is 0 Å². The number of unbranched alkanes of at least 4 members (excludes halogenated alkanes) is 34. The zero-order valence-electron chi connectivity index (χ0n) is 39.4. The quantitative estimate of drug-likeness (QED) is 0.0279. The molecule has 0 rings (SSSR count). The monoisotopic (exact) mass is 878 g/mol. The third-order valence-electron chi connectivity index (χ3n) is 11.4. The van der Waals surface area contributed by atoms with E-state index in [1.165, 1.54) is 193 Å². The van der Waals surface area contributed by atoms with Gasteiger partial charge < -0.3 is 14.4 Å². The summed E-state index contributed by atoms with van der Waals surface area (Å²) in [5, 5.41) is 0. The minimum absolute atomic E-state index is 0.0594. The molecule has 0 aliphatic carbocycles. The van der Waals surface area contributed by atoms with Gasteiger partial charge in [0.2, 0.25) is 0 Å². The molecule has 0 radical (unpaired) electrons. The number of phosphoric acid groups is 1. The lowest BCUT2D eigenvalue weighted by Gasteiger charge is -2.19. The molecule has 59 heavy (non-hydrogen) atoms. The van der Waals surface area contributed by atoms with Gasteiger partial charge in [0.1, 0.15) is 19.0 Å². The van der Waals surface area contributed by atoms with Gasteiger partial charge in [-0.2, -0.15) is 0 Å². The summed E-state index contributed by atoms with van der Waals surface area (Å²) in [4.78, 5) is 35.4. The average Bonchev–Trinajstić information content (AvgIpc) is 3.20. The Labute approximate surface area is 368 Å². The normalized spacial score (nSPS) is 13.2. The molecule has 352 valence electrons. The number of hydrogen-bond donors (Lipinski definition) is 1. The van der Waals surface area contributed by atoms with E-state index in [0.29, 0.717) is 12.2 Å². The van der Waals surface area contributed by atoms with Gasteiger partial charge in [0, 0.05) is 12.8 Å². The van der Waals surface area contributed by atoms with Crippen LogP contribution in [0.2, 0.25) is 0 Å². The van der Waals surface area contributed by atoms with Crippen molar-refractivity contribution >= 4 is 30.7 Å². The lowest BCUT2D eigenvalue weighted by molar-refractivity contribution is -0.161. The first kappa shape index (κ1) is 58.4. The molecule has 10 heteroatoms. The molecule has 0 heterocycles. The van der Waals surface area contributed by atoms with Crippen LogP contribution in [0.3, 0.4) is 0 Å². The van der Waals surface area contributed by atoms with Gasteiger partial charge in [-0.3, -0.25) is 18.6 Å². The number of phosphoric ester groups is 1. The summed E-state index contributed by atoms with van der Waals surface area (Å²) in [6.45, 7) is 4.06. The first-order chi connectivity index (χ1) is 28.7. The summed E-state index contributed by atoms with van der Waals surface area (Å²) in [5.41, 5.74) is 0. The largest absolute Gasteiger partial charge is 0.472 e. The van der Waals surface area contributed by atoms with Crippen LogP contribution in [0.15, 0.2) is 0 Å². The van der Waals surface area contributed by atoms with Gasteiger partial charge in [0.25, 0.3) is 0 Å². The van der Waals surface area contributed by atoms with E-state index in [2.05, 4.69) is 13.8 Å². The predicted molar refractivity (Wildman–Crippen MR) is 253 cm³/mol. The van der Waals surface area contributed by atoms with Crippen LogP contribution in [-0.2, 0) is 43.6 Å². The fourth-order valence-electron chi connectivity index (χ4n) is 7.49. The highest BCUT2D eigenvalue weighted by Crippen LogP contribution is 2.43. The van der Waals surface area contributed by atoms with Crippen molar-refractivity contribution in [1.29, 1.82) is 0 Å². The zero-order valence-corrected chi connectivity index (χ0v) is 41.1. The standard InChI is InChI=1S/C49H97O8PS/c1-5-7-9-11-13-15-17-19-21-23-24-26-28-30-32-34-36-38-40-42-49(51)57-47(46-56-58(52,53)55-43-44-59(3)4)45-54-48(50)41-39-37-35-33-31-29-27-25-22-20-18-16-14-12-10-8-6-2/h47H,5-46H2,1-4H3/p+1/t47-/m1/s1. The fourth-order valence-corrected chi connectivity index (χ4v) is 8.79. The van der Waals surface area contributed by atoms with E-state index in [1.807, 2.05) is 12.5 Å². The van der Waals surface area contributed by atoms with Gasteiger partial charge >= 0.3 is 19.8 Å². The molecule has 2 atom stereocenters. The topological polar surface area (TPSA) is 108 Å². The molecule has 1 N–H and O–H groups in total. The van der Waals surface area contributed by atoms with Crippen LogP contribution in [0.25, 0.3) is 0 Å². The van der Waals surface area contributed by atoms with E-state index in [0.717, 1.165) is 38.5 Å². The third kappa shape index (κ3) is 46.7. The van der Waals surface area contributed by atoms with E-state index in [9.17, 15) is 19.0 Å². The Hall–Kier alpha value is -0.600. The van der Waals surface area contributed by atoms with Gasteiger partial charge in [-0.05, 0) is 23.7 Å². The summed E-state index contributed by atoms with van der Waals surface area (Å²) in [7, 11) is -4.27. The Morgan fingerprint density at radius 2 is 0.763 bits per heavy atom. The van der Waals surface area contributed by atoms with Gasteiger partial charge in [0.15, 0.2) is 6.10 Å². The minimum Gasteiger partial charge on any atom is -0.462 e. The maximum atomic E-state index is 12.7. The predicted octanol–water partition coefficient (Wildman–Crippen LogP) is 15.3. The second kappa shape index (κ2) is 45.4.